The van der Waals surface area contributed by atoms with E-state index >= 15 is 0 Å². The molecular weight excluding hydrogens is 286 g/mol. The molecule has 0 unspecified atom stereocenters. The molecule has 0 aliphatic rings. The van der Waals surface area contributed by atoms with Gasteiger partial charge in [0.2, 0.25) is 0 Å². The van der Waals surface area contributed by atoms with Crippen molar-refractivity contribution >= 4 is 28.5 Å². The lowest BCUT2D eigenvalue weighted by molar-refractivity contribution is 0.0954. The Bertz CT molecular complexity index is 765. The van der Waals surface area contributed by atoms with Crippen molar-refractivity contribution < 1.29 is 4.79 Å². The summed E-state index contributed by atoms with van der Waals surface area (Å²) in [6.45, 7) is 0.584. The van der Waals surface area contributed by atoms with E-state index in [1.54, 1.807) is 30.6 Å². The van der Waals surface area contributed by atoms with Crippen molar-refractivity contribution in [2.75, 3.05) is 6.54 Å². The molecule has 3 rings (SSSR count). The highest BCUT2D eigenvalue weighted by atomic mass is 35.5. The molecule has 21 heavy (non-hydrogen) atoms. The quantitative estimate of drug-likeness (QED) is 0.777. The van der Waals surface area contributed by atoms with Gasteiger partial charge in [0, 0.05) is 17.1 Å². The Kier molecular flexibility index (Phi) is 3.88. The first-order valence-corrected chi connectivity index (χ1v) is 7.06. The van der Waals surface area contributed by atoms with Gasteiger partial charge in [-0.2, -0.15) is 0 Å². The minimum absolute atomic E-state index is 0.0886. The molecule has 2 aromatic carbocycles. The number of rotatable bonds is 4. The van der Waals surface area contributed by atoms with Crippen molar-refractivity contribution in [2.24, 2.45) is 0 Å². The first-order chi connectivity index (χ1) is 10.2. The highest BCUT2D eigenvalue weighted by Gasteiger charge is 2.05. The first-order valence-electron chi connectivity index (χ1n) is 6.68. The monoisotopic (exact) mass is 299 g/mol. The second-order valence-electron chi connectivity index (χ2n) is 4.77. The van der Waals surface area contributed by atoms with E-state index in [1.165, 1.54) is 0 Å². The van der Waals surface area contributed by atoms with Gasteiger partial charge in [-0.05, 0) is 48.4 Å². The number of imidazole rings is 1. The number of fused-ring (bicyclic) bond motifs is 1. The lowest BCUT2D eigenvalue weighted by atomic mass is 10.1. The van der Waals surface area contributed by atoms with Gasteiger partial charge in [0.05, 0.1) is 17.4 Å². The van der Waals surface area contributed by atoms with E-state index in [-0.39, 0.29) is 5.91 Å². The maximum atomic E-state index is 11.9. The fraction of sp³-hybridized carbons (Fsp3) is 0.125. The summed E-state index contributed by atoms with van der Waals surface area (Å²) in [5.74, 6) is -0.0886. The molecule has 0 atom stereocenters. The van der Waals surface area contributed by atoms with E-state index < -0.39 is 0 Å². The van der Waals surface area contributed by atoms with E-state index in [9.17, 15) is 4.79 Å². The van der Waals surface area contributed by atoms with Crippen LogP contribution in [0.5, 0.6) is 0 Å². The molecule has 0 saturated heterocycles. The first kappa shape index (κ1) is 13.6. The molecule has 2 N–H and O–H groups in total. The molecule has 0 saturated carbocycles. The Balaban J connectivity index is 1.57. The SMILES string of the molecule is O=C(NCCc1ccc2nc[nH]c2c1)c1ccc(Cl)cc1. The lowest BCUT2D eigenvalue weighted by Crippen LogP contribution is -2.25. The average molecular weight is 300 g/mol. The van der Waals surface area contributed by atoms with Gasteiger partial charge in [-0.25, -0.2) is 4.98 Å². The number of benzene rings is 2. The third-order valence-corrected chi connectivity index (χ3v) is 3.54. The second kappa shape index (κ2) is 5.97. The largest absolute Gasteiger partial charge is 0.352 e. The summed E-state index contributed by atoms with van der Waals surface area (Å²) < 4.78 is 0. The summed E-state index contributed by atoms with van der Waals surface area (Å²) >= 11 is 5.80. The number of nitrogens with zero attached hydrogens (tertiary/aromatic N) is 1. The normalized spacial score (nSPS) is 10.7. The molecule has 1 aromatic heterocycles. The van der Waals surface area contributed by atoms with Gasteiger partial charge in [0.25, 0.3) is 5.91 Å². The fourth-order valence-electron chi connectivity index (χ4n) is 2.16. The molecule has 0 spiro atoms. The number of carbonyl (C=O) groups excluding carboxylic acids is 1. The zero-order valence-corrected chi connectivity index (χ0v) is 12.0. The fourth-order valence-corrected chi connectivity index (χ4v) is 2.29. The van der Waals surface area contributed by atoms with Crippen LogP contribution in [0.25, 0.3) is 11.0 Å². The van der Waals surface area contributed by atoms with Crippen molar-refractivity contribution in [3.63, 3.8) is 0 Å². The van der Waals surface area contributed by atoms with E-state index in [0.717, 1.165) is 23.0 Å². The average Bonchev–Trinajstić information content (AvgIpc) is 2.95. The molecule has 0 radical (unpaired) electrons. The van der Waals surface area contributed by atoms with Gasteiger partial charge < -0.3 is 10.3 Å². The number of hydrogen-bond acceptors (Lipinski definition) is 2. The van der Waals surface area contributed by atoms with Crippen LogP contribution in [-0.4, -0.2) is 22.4 Å². The van der Waals surface area contributed by atoms with Crippen molar-refractivity contribution in [2.45, 2.75) is 6.42 Å². The molecule has 0 aliphatic heterocycles. The minimum Gasteiger partial charge on any atom is -0.352 e. The summed E-state index contributed by atoms with van der Waals surface area (Å²) in [4.78, 5) is 19.2. The van der Waals surface area contributed by atoms with Crippen molar-refractivity contribution in [3.8, 4) is 0 Å². The van der Waals surface area contributed by atoms with Crippen LogP contribution in [0.2, 0.25) is 5.02 Å². The van der Waals surface area contributed by atoms with Crippen molar-refractivity contribution in [1.29, 1.82) is 0 Å². The molecule has 3 aromatic rings. The van der Waals surface area contributed by atoms with E-state index in [4.69, 9.17) is 11.6 Å². The zero-order chi connectivity index (χ0) is 14.7. The van der Waals surface area contributed by atoms with Gasteiger partial charge in [-0.3, -0.25) is 4.79 Å². The van der Waals surface area contributed by atoms with E-state index in [0.29, 0.717) is 17.1 Å². The van der Waals surface area contributed by atoms with E-state index in [2.05, 4.69) is 21.4 Å². The number of aromatic nitrogens is 2. The number of H-pyrrole nitrogens is 1. The van der Waals surface area contributed by atoms with Gasteiger partial charge >= 0.3 is 0 Å². The predicted octanol–water partition coefficient (Wildman–Crippen LogP) is 3.19. The Morgan fingerprint density at radius 2 is 2.00 bits per heavy atom. The van der Waals surface area contributed by atoms with Crippen LogP contribution in [0.4, 0.5) is 0 Å². The third kappa shape index (κ3) is 3.23. The molecule has 5 heteroatoms. The van der Waals surface area contributed by atoms with Crippen molar-refractivity contribution in [3.05, 3.63) is 64.9 Å². The Hall–Kier alpha value is -2.33. The van der Waals surface area contributed by atoms with Gasteiger partial charge in [-0.15, -0.1) is 0 Å². The highest BCUT2D eigenvalue weighted by Crippen LogP contribution is 2.12. The summed E-state index contributed by atoms with van der Waals surface area (Å²) in [7, 11) is 0. The second-order valence-corrected chi connectivity index (χ2v) is 5.20. The van der Waals surface area contributed by atoms with Crippen LogP contribution in [0.1, 0.15) is 15.9 Å². The molecule has 0 fully saturated rings. The number of halogens is 1. The van der Waals surface area contributed by atoms with Crippen LogP contribution >= 0.6 is 11.6 Å². The number of carbonyl (C=O) groups is 1. The van der Waals surface area contributed by atoms with Crippen molar-refractivity contribution in [1.82, 2.24) is 15.3 Å². The number of aromatic amines is 1. The lowest BCUT2D eigenvalue weighted by Gasteiger charge is -2.05. The molecule has 0 bridgehead atoms. The molecule has 4 nitrogen and oxygen atoms in total. The predicted molar refractivity (Wildman–Crippen MR) is 83.6 cm³/mol. The Morgan fingerprint density at radius 1 is 1.19 bits per heavy atom. The molecular formula is C16H14ClN3O. The number of nitrogens with one attached hydrogen (secondary N) is 2. The maximum Gasteiger partial charge on any atom is 0.251 e. The molecule has 1 amide bonds. The summed E-state index contributed by atoms with van der Waals surface area (Å²) in [5.41, 5.74) is 3.73. The number of hydrogen-bond donors (Lipinski definition) is 2. The topological polar surface area (TPSA) is 57.8 Å². The van der Waals surface area contributed by atoms with Crippen LogP contribution in [0.15, 0.2) is 48.8 Å². The standard InChI is InChI=1S/C16H14ClN3O/c17-13-4-2-12(3-5-13)16(21)18-8-7-11-1-6-14-15(9-11)20-10-19-14/h1-6,9-10H,7-8H2,(H,18,21)(H,19,20). The Morgan fingerprint density at radius 3 is 2.81 bits per heavy atom. The summed E-state index contributed by atoms with van der Waals surface area (Å²) in [5, 5.41) is 3.53. The van der Waals surface area contributed by atoms with Gasteiger partial charge in [0.15, 0.2) is 0 Å². The Labute approximate surface area is 127 Å². The highest BCUT2D eigenvalue weighted by molar-refractivity contribution is 6.30. The van der Waals surface area contributed by atoms with Gasteiger partial charge in [0.1, 0.15) is 0 Å². The van der Waals surface area contributed by atoms with Crippen LogP contribution in [-0.2, 0) is 6.42 Å². The molecule has 1 heterocycles. The van der Waals surface area contributed by atoms with Crippen LogP contribution in [0.3, 0.4) is 0 Å². The third-order valence-electron chi connectivity index (χ3n) is 3.29. The number of amides is 1. The smallest absolute Gasteiger partial charge is 0.251 e. The zero-order valence-electron chi connectivity index (χ0n) is 11.3. The van der Waals surface area contributed by atoms with Gasteiger partial charge in [-0.1, -0.05) is 17.7 Å². The summed E-state index contributed by atoms with van der Waals surface area (Å²) in [6, 6.07) is 12.9. The molecule has 0 aliphatic carbocycles. The summed E-state index contributed by atoms with van der Waals surface area (Å²) in [6.07, 6.45) is 2.45. The minimum atomic E-state index is -0.0886. The molecule has 106 valence electrons. The van der Waals surface area contributed by atoms with Crippen LogP contribution < -0.4 is 5.32 Å². The van der Waals surface area contributed by atoms with Crippen LogP contribution in [0, 0.1) is 0 Å². The maximum absolute atomic E-state index is 11.9. The van der Waals surface area contributed by atoms with E-state index in [1.807, 2.05) is 12.1 Å².